The van der Waals surface area contributed by atoms with Crippen LogP contribution in [0.1, 0.15) is 24.8 Å². The molecular weight excluding hydrogens is 292 g/mol. The highest BCUT2D eigenvalue weighted by Gasteiger charge is 2.26. The normalized spacial score (nSPS) is 21.8. The first-order valence-electron chi connectivity index (χ1n) is 7.23. The third-order valence-electron chi connectivity index (χ3n) is 3.81. The van der Waals surface area contributed by atoms with Crippen LogP contribution in [0.5, 0.6) is 5.75 Å². The predicted molar refractivity (Wildman–Crippen MR) is 78.8 cm³/mol. The van der Waals surface area contributed by atoms with Crippen molar-refractivity contribution in [2.45, 2.75) is 36.7 Å². The Morgan fingerprint density at radius 3 is 2.90 bits per heavy atom. The second kappa shape index (κ2) is 5.82. The van der Waals surface area contributed by atoms with E-state index in [1.807, 2.05) is 0 Å². The molecule has 0 saturated carbocycles. The zero-order valence-corrected chi connectivity index (χ0v) is 12.6. The summed E-state index contributed by atoms with van der Waals surface area (Å²) in [7, 11) is -3.65. The van der Waals surface area contributed by atoms with Crippen molar-refractivity contribution in [3.63, 3.8) is 0 Å². The Hall–Kier alpha value is -1.31. The summed E-state index contributed by atoms with van der Waals surface area (Å²) in [5.74, 6) is 0.440. The van der Waals surface area contributed by atoms with E-state index in [4.69, 9.17) is 15.2 Å². The van der Waals surface area contributed by atoms with Crippen molar-refractivity contribution in [3.8, 4) is 5.75 Å². The summed E-state index contributed by atoms with van der Waals surface area (Å²) in [6, 6.07) is 3.25. The van der Waals surface area contributed by atoms with Crippen LogP contribution < -0.4 is 15.2 Å². The van der Waals surface area contributed by atoms with Crippen molar-refractivity contribution in [1.82, 2.24) is 4.72 Å². The van der Waals surface area contributed by atoms with Gasteiger partial charge in [-0.15, -0.1) is 0 Å². The third kappa shape index (κ3) is 3.14. The van der Waals surface area contributed by atoms with Crippen LogP contribution in [0.2, 0.25) is 0 Å². The number of hydrogen-bond acceptors (Lipinski definition) is 5. The van der Waals surface area contributed by atoms with Gasteiger partial charge < -0.3 is 15.2 Å². The number of fused-ring (bicyclic) bond motifs is 1. The highest BCUT2D eigenvalue weighted by Crippen LogP contribution is 2.34. The average molecular weight is 312 g/mol. The molecule has 21 heavy (non-hydrogen) atoms. The number of nitrogen functional groups attached to an aromatic ring is 1. The predicted octanol–water partition coefficient (Wildman–Crippen LogP) is 1.05. The SMILES string of the molecule is Nc1cc2c(c(S(=O)(=O)NCC3CCCO3)c1)OCCC2. The molecule has 1 atom stereocenters. The highest BCUT2D eigenvalue weighted by atomic mass is 32.2. The van der Waals surface area contributed by atoms with Gasteiger partial charge >= 0.3 is 0 Å². The molecule has 1 saturated heterocycles. The number of benzene rings is 1. The average Bonchev–Trinajstić information content (AvgIpc) is 2.97. The van der Waals surface area contributed by atoms with E-state index in [1.165, 1.54) is 6.07 Å². The molecule has 0 bridgehead atoms. The minimum absolute atomic E-state index is 0.0439. The summed E-state index contributed by atoms with van der Waals surface area (Å²) in [6.45, 7) is 1.51. The van der Waals surface area contributed by atoms with E-state index in [9.17, 15) is 8.42 Å². The van der Waals surface area contributed by atoms with Crippen molar-refractivity contribution < 1.29 is 17.9 Å². The Labute approximate surface area is 124 Å². The van der Waals surface area contributed by atoms with Crippen LogP contribution in [-0.2, 0) is 21.2 Å². The van der Waals surface area contributed by atoms with Crippen LogP contribution in [-0.4, -0.2) is 34.3 Å². The molecule has 2 aliphatic rings. The Morgan fingerprint density at radius 2 is 2.14 bits per heavy atom. The third-order valence-corrected chi connectivity index (χ3v) is 5.23. The molecule has 1 aromatic rings. The van der Waals surface area contributed by atoms with Crippen molar-refractivity contribution >= 4 is 15.7 Å². The molecule has 3 rings (SSSR count). The Kier molecular flexibility index (Phi) is 4.05. The van der Waals surface area contributed by atoms with E-state index in [0.29, 0.717) is 24.7 Å². The van der Waals surface area contributed by atoms with Crippen LogP contribution in [0.3, 0.4) is 0 Å². The van der Waals surface area contributed by atoms with Gasteiger partial charge in [-0.05, 0) is 43.4 Å². The number of nitrogens with one attached hydrogen (secondary N) is 1. The van der Waals surface area contributed by atoms with E-state index in [-0.39, 0.29) is 17.5 Å². The number of anilines is 1. The van der Waals surface area contributed by atoms with Crippen molar-refractivity contribution in [3.05, 3.63) is 17.7 Å². The number of hydrogen-bond donors (Lipinski definition) is 2. The number of nitrogens with two attached hydrogens (primary N) is 1. The second-order valence-corrected chi connectivity index (χ2v) is 7.18. The van der Waals surface area contributed by atoms with Gasteiger partial charge in [-0.2, -0.15) is 0 Å². The van der Waals surface area contributed by atoms with Gasteiger partial charge in [0.1, 0.15) is 10.6 Å². The quantitative estimate of drug-likeness (QED) is 0.811. The fourth-order valence-corrected chi connectivity index (χ4v) is 4.04. The number of rotatable bonds is 4. The smallest absolute Gasteiger partial charge is 0.244 e. The van der Waals surface area contributed by atoms with Crippen LogP contribution in [0.4, 0.5) is 5.69 Å². The van der Waals surface area contributed by atoms with Gasteiger partial charge in [0, 0.05) is 18.8 Å². The van der Waals surface area contributed by atoms with Gasteiger partial charge in [0.05, 0.1) is 12.7 Å². The van der Waals surface area contributed by atoms with Crippen LogP contribution >= 0.6 is 0 Å². The highest BCUT2D eigenvalue weighted by molar-refractivity contribution is 7.89. The molecule has 1 aromatic carbocycles. The lowest BCUT2D eigenvalue weighted by Crippen LogP contribution is -2.32. The van der Waals surface area contributed by atoms with Crippen LogP contribution in [0.15, 0.2) is 17.0 Å². The zero-order chi connectivity index (χ0) is 14.9. The lowest BCUT2D eigenvalue weighted by Gasteiger charge is -2.21. The number of sulfonamides is 1. The summed E-state index contributed by atoms with van der Waals surface area (Å²) in [5, 5.41) is 0. The minimum atomic E-state index is -3.65. The summed E-state index contributed by atoms with van der Waals surface area (Å²) in [6.07, 6.45) is 3.48. The maximum Gasteiger partial charge on any atom is 0.244 e. The van der Waals surface area contributed by atoms with Gasteiger partial charge in [-0.3, -0.25) is 0 Å². The van der Waals surface area contributed by atoms with E-state index >= 15 is 0 Å². The Bertz CT molecular complexity index is 624. The van der Waals surface area contributed by atoms with E-state index in [1.54, 1.807) is 6.07 Å². The molecule has 1 fully saturated rings. The summed E-state index contributed by atoms with van der Waals surface area (Å²) in [5.41, 5.74) is 7.13. The molecule has 0 amide bonds. The molecule has 0 spiro atoms. The Balaban J connectivity index is 1.85. The molecule has 2 heterocycles. The standard InChI is InChI=1S/C14H20N2O4S/c15-11-7-10-3-1-6-20-14(10)13(8-11)21(17,18)16-9-12-4-2-5-19-12/h7-8,12,16H,1-6,9,15H2. The first-order valence-corrected chi connectivity index (χ1v) is 8.71. The topological polar surface area (TPSA) is 90.7 Å². The largest absolute Gasteiger partial charge is 0.492 e. The van der Waals surface area contributed by atoms with E-state index < -0.39 is 10.0 Å². The van der Waals surface area contributed by atoms with E-state index in [2.05, 4.69) is 4.72 Å². The first kappa shape index (κ1) is 14.6. The maximum atomic E-state index is 12.5. The zero-order valence-electron chi connectivity index (χ0n) is 11.8. The van der Waals surface area contributed by atoms with Crippen molar-refractivity contribution in [2.75, 3.05) is 25.5 Å². The Morgan fingerprint density at radius 1 is 1.29 bits per heavy atom. The fourth-order valence-electron chi connectivity index (χ4n) is 2.76. The molecule has 2 aliphatic heterocycles. The van der Waals surface area contributed by atoms with Gasteiger partial charge in [0.2, 0.25) is 10.0 Å². The maximum absolute atomic E-state index is 12.5. The number of ether oxygens (including phenoxy) is 2. The first-order chi connectivity index (χ1) is 10.1. The fraction of sp³-hybridized carbons (Fsp3) is 0.571. The van der Waals surface area contributed by atoms with Crippen LogP contribution in [0.25, 0.3) is 0 Å². The monoisotopic (exact) mass is 312 g/mol. The van der Waals surface area contributed by atoms with Gasteiger partial charge in [0.15, 0.2) is 0 Å². The summed E-state index contributed by atoms with van der Waals surface area (Å²) >= 11 is 0. The molecule has 1 unspecified atom stereocenters. The lowest BCUT2D eigenvalue weighted by atomic mass is 10.1. The molecule has 0 aromatic heterocycles. The molecule has 0 aliphatic carbocycles. The van der Waals surface area contributed by atoms with Crippen molar-refractivity contribution in [2.24, 2.45) is 0 Å². The molecule has 3 N–H and O–H groups in total. The van der Waals surface area contributed by atoms with Crippen molar-refractivity contribution in [1.29, 1.82) is 0 Å². The minimum Gasteiger partial charge on any atom is -0.492 e. The van der Waals surface area contributed by atoms with Crippen LogP contribution in [0, 0.1) is 0 Å². The lowest BCUT2D eigenvalue weighted by molar-refractivity contribution is 0.114. The van der Waals surface area contributed by atoms with Gasteiger partial charge in [0.25, 0.3) is 0 Å². The van der Waals surface area contributed by atoms with Gasteiger partial charge in [-0.1, -0.05) is 0 Å². The second-order valence-electron chi connectivity index (χ2n) is 5.45. The number of aryl methyl sites for hydroxylation is 1. The van der Waals surface area contributed by atoms with E-state index in [0.717, 1.165) is 31.2 Å². The molecular formula is C14H20N2O4S. The molecule has 116 valence electrons. The molecule has 7 heteroatoms. The summed E-state index contributed by atoms with van der Waals surface area (Å²) < 4.78 is 38.6. The molecule has 6 nitrogen and oxygen atoms in total. The van der Waals surface area contributed by atoms with Gasteiger partial charge in [-0.25, -0.2) is 13.1 Å². The molecule has 0 radical (unpaired) electrons. The summed E-state index contributed by atoms with van der Waals surface area (Å²) in [4.78, 5) is 0.134.